The van der Waals surface area contributed by atoms with E-state index in [1.165, 1.54) is 11.8 Å². The predicted molar refractivity (Wildman–Crippen MR) is 40.7 cm³/mol. The van der Waals surface area contributed by atoms with Crippen LogP contribution in [0, 0.1) is 0 Å². The second-order valence-electron chi connectivity index (χ2n) is 1.84. The Labute approximate surface area is 68.5 Å². The van der Waals surface area contributed by atoms with Crippen LogP contribution in [0.3, 0.4) is 0 Å². The molecule has 0 amide bonds. The van der Waals surface area contributed by atoms with E-state index >= 15 is 0 Å². The average Bonchev–Trinajstić information content (AvgIpc) is 2.03. The highest BCUT2D eigenvalue weighted by molar-refractivity contribution is 8.00. The molecule has 0 atom stereocenters. The lowest BCUT2D eigenvalue weighted by Gasteiger charge is -1.93. The summed E-state index contributed by atoms with van der Waals surface area (Å²) in [6.07, 6.45) is 3.25. The zero-order valence-corrected chi connectivity index (χ0v) is 6.50. The molecular formula is C7H6NO2S. The summed E-state index contributed by atoms with van der Waals surface area (Å²) in [5.74, 6) is -1.06. The van der Waals surface area contributed by atoms with Gasteiger partial charge in [-0.15, -0.1) is 11.8 Å². The first kappa shape index (κ1) is 8.07. The molecule has 11 heavy (non-hydrogen) atoms. The van der Waals surface area contributed by atoms with Crippen molar-refractivity contribution in [2.75, 3.05) is 5.75 Å². The lowest BCUT2D eigenvalue weighted by atomic mass is 10.5. The van der Waals surface area contributed by atoms with Gasteiger partial charge in [0.25, 0.3) is 0 Å². The second-order valence-corrected chi connectivity index (χ2v) is 2.89. The summed E-state index contributed by atoms with van der Waals surface area (Å²) in [5, 5.41) is 10.0. The quantitative estimate of drug-likeness (QED) is 0.636. The van der Waals surface area contributed by atoms with Gasteiger partial charge in [-0.05, 0) is 12.1 Å². The Morgan fingerprint density at radius 1 is 1.45 bits per heavy atom. The van der Waals surface area contributed by atoms with Gasteiger partial charge in [0.05, 0.1) is 0 Å². The minimum Gasteiger partial charge on any atom is -0.265 e. The lowest BCUT2D eigenvalue weighted by Crippen LogP contribution is -1.94. The van der Waals surface area contributed by atoms with Crippen molar-refractivity contribution >= 4 is 17.7 Å². The van der Waals surface area contributed by atoms with Gasteiger partial charge in [0.15, 0.2) is 0 Å². The topological polar surface area (TPSA) is 49.9 Å². The Morgan fingerprint density at radius 2 is 2.09 bits per heavy atom. The molecule has 1 heterocycles. The number of hydrogen-bond acceptors (Lipinski definition) is 3. The fourth-order valence-corrected chi connectivity index (χ4v) is 1.18. The van der Waals surface area contributed by atoms with Crippen molar-refractivity contribution in [3.8, 4) is 0 Å². The van der Waals surface area contributed by atoms with Gasteiger partial charge in [0.1, 0.15) is 5.75 Å². The maximum absolute atomic E-state index is 10.0. The van der Waals surface area contributed by atoms with E-state index in [9.17, 15) is 9.90 Å². The third-order valence-corrected chi connectivity index (χ3v) is 1.99. The predicted octanol–water partition coefficient (Wildman–Crippen LogP) is 1.13. The van der Waals surface area contributed by atoms with Crippen LogP contribution in [-0.4, -0.2) is 16.7 Å². The molecule has 1 aromatic rings. The van der Waals surface area contributed by atoms with Gasteiger partial charge in [-0.1, -0.05) is 0 Å². The Kier molecular flexibility index (Phi) is 2.92. The van der Waals surface area contributed by atoms with Gasteiger partial charge in [-0.25, -0.2) is 9.90 Å². The van der Waals surface area contributed by atoms with Crippen molar-refractivity contribution in [3.63, 3.8) is 0 Å². The monoisotopic (exact) mass is 168 g/mol. The van der Waals surface area contributed by atoms with Gasteiger partial charge in [-0.3, -0.25) is 4.98 Å². The summed E-state index contributed by atoms with van der Waals surface area (Å²) in [6.45, 7) is 0. The Morgan fingerprint density at radius 3 is 2.64 bits per heavy atom. The minimum absolute atomic E-state index is 0.00991. The summed E-state index contributed by atoms with van der Waals surface area (Å²) in [6, 6.07) is 3.52. The SMILES string of the molecule is [O]C(=O)CSc1ccncc1. The molecule has 57 valence electrons. The van der Waals surface area contributed by atoms with Crippen molar-refractivity contribution in [1.29, 1.82) is 0 Å². The molecule has 3 nitrogen and oxygen atoms in total. The smallest absolute Gasteiger partial charge is 0.265 e. The number of carbonyl (C=O) groups is 1. The lowest BCUT2D eigenvalue weighted by molar-refractivity contribution is -0.139. The maximum Gasteiger partial charge on any atom is 0.365 e. The zero-order valence-electron chi connectivity index (χ0n) is 5.69. The van der Waals surface area contributed by atoms with E-state index in [2.05, 4.69) is 4.98 Å². The zero-order chi connectivity index (χ0) is 8.10. The van der Waals surface area contributed by atoms with Crippen LogP contribution in [0.2, 0.25) is 0 Å². The first-order valence-electron chi connectivity index (χ1n) is 3.02. The fourth-order valence-electron chi connectivity index (χ4n) is 0.577. The molecule has 0 fully saturated rings. The van der Waals surface area contributed by atoms with E-state index in [1.54, 1.807) is 24.5 Å². The number of rotatable bonds is 3. The average molecular weight is 168 g/mol. The van der Waals surface area contributed by atoms with Crippen molar-refractivity contribution in [3.05, 3.63) is 24.5 Å². The van der Waals surface area contributed by atoms with Crippen LogP contribution < -0.4 is 0 Å². The highest BCUT2D eigenvalue weighted by atomic mass is 32.2. The maximum atomic E-state index is 10.0. The molecule has 0 aliphatic carbocycles. The number of hydrogen-bond donors (Lipinski definition) is 0. The van der Waals surface area contributed by atoms with E-state index in [0.29, 0.717) is 0 Å². The van der Waals surface area contributed by atoms with E-state index < -0.39 is 5.97 Å². The number of aromatic nitrogens is 1. The molecule has 4 heteroatoms. The van der Waals surface area contributed by atoms with Crippen LogP contribution in [0.25, 0.3) is 0 Å². The van der Waals surface area contributed by atoms with Crippen LogP contribution in [0.1, 0.15) is 0 Å². The molecule has 0 aliphatic rings. The Bertz CT molecular complexity index is 237. The van der Waals surface area contributed by atoms with Gasteiger partial charge < -0.3 is 0 Å². The van der Waals surface area contributed by atoms with Crippen LogP contribution in [0.4, 0.5) is 0 Å². The third-order valence-electron chi connectivity index (χ3n) is 1.01. The number of nitrogens with zero attached hydrogens (tertiary/aromatic N) is 1. The summed E-state index contributed by atoms with van der Waals surface area (Å²) in [7, 11) is 0. The van der Waals surface area contributed by atoms with Gasteiger partial charge >= 0.3 is 5.97 Å². The van der Waals surface area contributed by atoms with Gasteiger partial charge in [-0.2, -0.15) is 0 Å². The molecule has 0 N–H and O–H groups in total. The second kappa shape index (κ2) is 3.98. The van der Waals surface area contributed by atoms with Crippen molar-refractivity contribution in [2.24, 2.45) is 0 Å². The summed E-state index contributed by atoms with van der Waals surface area (Å²) in [4.78, 5) is 14.7. The van der Waals surface area contributed by atoms with Gasteiger partial charge in [0.2, 0.25) is 0 Å². The molecule has 0 unspecified atom stereocenters. The summed E-state index contributed by atoms with van der Waals surface area (Å²) >= 11 is 1.23. The molecule has 1 radical (unpaired) electrons. The number of thioether (sulfide) groups is 1. The van der Waals surface area contributed by atoms with Crippen molar-refractivity contribution in [2.45, 2.75) is 4.90 Å². The van der Waals surface area contributed by atoms with Crippen LogP contribution >= 0.6 is 11.8 Å². The van der Waals surface area contributed by atoms with E-state index in [-0.39, 0.29) is 5.75 Å². The molecule has 1 aromatic heterocycles. The molecule has 0 saturated carbocycles. The number of pyridine rings is 1. The molecule has 0 saturated heterocycles. The van der Waals surface area contributed by atoms with Gasteiger partial charge in [0, 0.05) is 17.3 Å². The first-order valence-corrected chi connectivity index (χ1v) is 4.00. The highest BCUT2D eigenvalue weighted by Crippen LogP contribution is 2.15. The Hall–Kier alpha value is -1.03. The normalized spacial score (nSPS) is 9.45. The standard InChI is InChI=1S/C7H6NO2S/c9-7(10)5-11-6-1-3-8-4-2-6/h1-4H,5H2. The summed E-state index contributed by atoms with van der Waals surface area (Å²) in [5.41, 5.74) is 0. The molecule has 1 rings (SSSR count). The van der Waals surface area contributed by atoms with Crippen molar-refractivity contribution < 1.29 is 9.90 Å². The number of carbonyl (C=O) groups excluding carboxylic acids is 1. The van der Waals surface area contributed by atoms with Crippen LogP contribution in [-0.2, 0) is 9.90 Å². The first-order chi connectivity index (χ1) is 5.29. The van der Waals surface area contributed by atoms with Crippen molar-refractivity contribution in [1.82, 2.24) is 4.98 Å². The van der Waals surface area contributed by atoms with E-state index in [0.717, 1.165) is 4.90 Å². The molecule has 0 aromatic carbocycles. The Balaban J connectivity index is 2.45. The highest BCUT2D eigenvalue weighted by Gasteiger charge is 1.99. The molecule has 0 bridgehead atoms. The molecule has 0 spiro atoms. The van der Waals surface area contributed by atoms with Crippen LogP contribution in [0.15, 0.2) is 29.4 Å². The largest absolute Gasteiger partial charge is 0.365 e. The molecule has 0 aliphatic heterocycles. The van der Waals surface area contributed by atoms with E-state index in [1.807, 2.05) is 0 Å². The van der Waals surface area contributed by atoms with E-state index in [4.69, 9.17) is 0 Å². The fraction of sp³-hybridized carbons (Fsp3) is 0.143. The van der Waals surface area contributed by atoms with Crippen LogP contribution in [0.5, 0.6) is 0 Å². The third kappa shape index (κ3) is 3.04. The minimum atomic E-state index is -1.05. The molecular weight excluding hydrogens is 162 g/mol. The summed E-state index contributed by atoms with van der Waals surface area (Å²) < 4.78 is 0.